The summed E-state index contributed by atoms with van der Waals surface area (Å²) in [5.41, 5.74) is 0.843. The number of halogens is 2. The molecule has 0 bridgehead atoms. The third-order valence-electron chi connectivity index (χ3n) is 4.39. The minimum Gasteiger partial charge on any atom is -0.392 e. The molecule has 0 amide bonds. The first-order chi connectivity index (χ1) is 13.5. The molecule has 1 atom stereocenters. The quantitative estimate of drug-likeness (QED) is 0.488. The van der Waals surface area contributed by atoms with Crippen LogP contribution in [0.15, 0.2) is 29.2 Å². The molecule has 156 valence electrons. The summed E-state index contributed by atoms with van der Waals surface area (Å²) in [4.78, 5) is 20.9. The fourth-order valence-electron chi connectivity index (χ4n) is 3.01. The van der Waals surface area contributed by atoms with Gasteiger partial charge in [0.2, 0.25) is 5.28 Å². The van der Waals surface area contributed by atoms with E-state index < -0.39 is 11.7 Å². The van der Waals surface area contributed by atoms with Gasteiger partial charge in [0, 0.05) is 12.2 Å². The number of anilines is 2. The van der Waals surface area contributed by atoms with E-state index in [0.717, 1.165) is 0 Å². The van der Waals surface area contributed by atoms with Gasteiger partial charge < -0.3 is 15.5 Å². The summed E-state index contributed by atoms with van der Waals surface area (Å²) in [7, 11) is 0. The monoisotopic (exact) mass is 439 g/mol. The standard InChI is InChI=1S/C19H23Cl2N5O3/c1-11(27)10-26-14-5-4-12(23-16-13(20)9-22-17(21)24-16)8-15(14)25(18(26)28)7-6-19(2,3)29/h4-5,8-9,11,27,29H,6-7,10H2,1-3H3,(H,22,23,24)/t11-/m1/s1. The van der Waals surface area contributed by atoms with Crippen LogP contribution < -0.4 is 11.0 Å². The number of hydrogen-bond acceptors (Lipinski definition) is 6. The average molecular weight is 440 g/mol. The van der Waals surface area contributed by atoms with Crippen molar-refractivity contribution in [2.75, 3.05) is 5.32 Å². The first-order valence-corrected chi connectivity index (χ1v) is 9.89. The van der Waals surface area contributed by atoms with Crippen molar-refractivity contribution in [1.82, 2.24) is 19.1 Å². The van der Waals surface area contributed by atoms with Gasteiger partial charge in [0.1, 0.15) is 5.02 Å². The van der Waals surface area contributed by atoms with Crippen LogP contribution in [-0.4, -0.2) is 41.0 Å². The maximum Gasteiger partial charge on any atom is 0.329 e. The van der Waals surface area contributed by atoms with E-state index in [4.69, 9.17) is 23.2 Å². The molecule has 3 N–H and O–H groups in total. The summed E-state index contributed by atoms with van der Waals surface area (Å²) in [5.74, 6) is 0.347. The van der Waals surface area contributed by atoms with E-state index in [1.54, 1.807) is 43.5 Å². The lowest BCUT2D eigenvalue weighted by Gasteiger charge is -2.17. The van der Waals surface area contributed by atoms with Crippen molar-refractivity contribution >= 4 is 45.7 Å². The molecule has 0 saturated heterocycles. The van der Waals surface area contributed by atoms with Gasteiger partial charge >= 0.3 is 5.69 Å². The Morgan fingerprint density at radius 1 is 1.24 bits per heavy atom. The van der Waals surface area contributed by atoms with Crippen molar-refractivity contribution in [3.05, 3.63) is 45.2 Å². The van der Waals surface area contributed by atoms with Crippen molar-refractivity contribution in [2.24, 2.45) is 0 Å². The van der Waals surface area contributed by atoms with Crippen molar-refractivity contribution in [2.45, 2.75) is 52.0 Å². The van der Waals surface area contributed by atoms with Gasteiger partial charge in [0.05, 0.1) is 35.5 Å². The summed E-state index contributed by atoms with van der Waals surface area (Å²) < 4.78 is 3.12. The molecular weight excluding hydrogens is 417 g/mol. The minimum absolute atomic E-state index is 0.0585. The molecule has 3 aromatic rings. The van der Waals surface area contributed by atoms with Crippen molar-refractivity contribution in [3.63, 3.8) is 0 Å². The number of fused-ring (bicyclic) bond motifs is 1. The zero-order valence-electron chi connectivity index (χ0n) is 16.4. The first-order valence-electron chi connectivity index (χ1n) is 9.14. The van der Waals surface area contributed by atoms with Gasteiger partial charge in [0.25, 0.3) is 0 Å². The highest BCUT2D eigenvalue weighted by Crippen LogP contribution is 2.26. The maximum atomic E-state index is 13.0. The van der Waals surface area contributed by atoms with Crippen LogP contribution in [0.3, 0.4) is 0 Å². The number of nitrogens with zero attached hydrogens (tertiary/aromatic N) is 4. The molecule has 1 aromatic carbocycles. The molecule has 0 aliphatic heterocycles. The smallest absolute Gasteiger partial charge is 0.329 e. The largest absolute Gasteiger partial charge is 0.392 e. The van der Waals surface area contributed by atoms with Gasteiger partial charge in [-0.15, -0.1) is 0 Å². The Balaban J connectivity index is 2.07. The molecule has 0 aliphatic carbocycles. The van der Waals surface area contributed by atoms with Crippen LogP contribution in [0, 0.1) is 0 Å². The number of aromatic nitrogens is 4. The van der Waals surface area contributed by atoms with Crippen LogP contribution >= 0.6 is 23.2 Å². The number of imidazole rings is 1. The zero-order valence-corrected chi connectivity index (χ0v) is 17.9. The van der Waals surface area contributed by atoms with Gasteiger partial charge in [-0.3, -0.25) is 9.13 Å². The molecule has 3 rings (SSSR count). The molecule has 0 unspecified atom stereocenters. The van der Waals surface area contributed by atoms with Crippen LogP contribution in [-0.2, 0) is 13.1 Å². The second-order valence-corrected chi connectivity index (χ2v) is 8.37. The number of benzene rings is 1. The Kier molecular flexibility index (Phi) is 6.19. The molecule has 29 heavy (non-hydrogen) atoms. The van der Waals surface area contributed by atoms with Crippen LogP contribution in [0.1, 0.15) is 27.2 Å². The van der Waals surface area contributed by atoms with E-state index >= 15 is 0 Å². The van der Waals surface area contributed by atoms with Crippen molar-refractivity contribution < 1.29 is 10.2 Å². The Bertz CT molecular complexity index is 1090. The highest BCUT2D eigenvalue weighted by Gasteiger charge is 2.19. The number of aryl methyl sites for hydroxylation is 1. The first kappa shape index (κ1) is 21.6. The van der Waals surface area contributed by atoms with Crippen LogP contribution in [0.5, 0.6) is 0 Å². The van der Waals surface area contributed by atoms with Crippen LogP contribution in [0.2, 0.25) is 10.3 Å². The maximum absolute atomic E-state index is 13.0. The summed E-state index contributed by atoms with van der Waals surface area (Å²) >= 11 is 12.0. The predicted molar refractivity (Wildman–Crippen MR) is 114 cm³/mol. The van der Waals surface area contributed by atoms with E-state index in [9.17, 15) is 15.0 Å². The van der Waals surface area contributed by atoms with E-state index in [2.05, 4.69) is 15.3 Å². The van der Waals surface area contributed by atoms with Gasteiger partial charge in [0.15, 0.2) is 5.82 Å². The predicted octanol–water partition coefficient (Wildman–Crippen LogP) is 3.19. The topological polar surface area (TPSA) is 105 Å². The van der Waals surface area contributed by atoms with Crippen molar-refractivity contribution in [3.8, 4) is 0 Å². The minimum atomic E-state index is -0.917. The molecule has 0 spiro atoms. The fraction of sp³-hybridized carbons (Fsp3) is 0.421. The van der Waals surface area contributed by atoms with E-state index in [1.165, 1.54) is 10.8 Å². The molecule has 2 heterocycles. The van der Waals surface area contributed by atoms with Crippen LogP contribution in [0.25, 0.3) is 11.0 Å². The van der Waals surface area contributed by atoms with E-state index in [0.29, 0.717) is 40.5 Å². The SMILES string of the molecule is C[C@@H](O)Cn1c(=O)n(CCC(C)(C)O)c2cc(Nc3nc(Cl)ncc3Cl)ccc21. The van der Waals surface area contributed by atoms with E-state index in [-0.39, 0.29) is 17.5 Å². The third kappa shape index (κ3) is 5.08. The molecule has 0 fully saturated rings. The highest BCUT2D eigenvalue weighted by atomic mass is 35.5. The average Bonchev–Trinajstić information content (AvgIpc) is 2.86. The number of hydrogen-bond donors (Lipinski definition) is 3. The Labute approximate surface area is 177 Å². The molecule has 0 aliphatic rings. The fourth-order valence-corrected chi connectivity index (χ4v) is 3.28. The number of nitrogens with one attached hydrogen (secondary N) is 1. The summed E-state index contributed by atoms with van der Waals surface area (Å²) in [5, 5.41) is 23.3. The van der Waals surface area contributed by atoms with Gasteiger partial charge in [-0.2, -0.15) is 4.98 Å². The lowest BCUT2D eigenvalue weighted by Crippen LogP contribution is -2.30. The van der Waals surface area contributed by atoms with E-state index in [1.807, 2.05) is 0 Å². The van der Waals surface area contributed by atoms with Gasteiger partial charge in [-0.1, -0.05) is 11.6 Å². The second-order valence-electron chi connectivity index (χ2n) is 7.62. The van der Waals surface area contributed by atoms with Crippen LogP contribution in [0.4, 0.5) is 11.5 Å². The number of rotatable bonds is 7. The second kappa shape index (κ2) is 8.31. The summed E-state index contributed by atoms with van der Waals surface area (Å²) in [6.45, 7) is 5.52. The summed E-state index contributed by atoms with van der Waals surface area (Å²) in [6.07, 6.45) is 1.11. The molecule has 10 heteroatoms. The molecule has 8 nitrogen and oxygen atoms in total. The molecule has 0 saturated carbocycles. The molecule has 0 radical (unpaired) electrons. The number of aliphatic hydroxyl groups is 2. The summed E-state index contributed by atoms with van der Waals surface area (Å²) in [6, 6.07) is 5.37. The zero-order chi connectivity index (χ0) is 21.3. The highest BCUT2D eigenvalue weighted by molar-refractivity contribution is 6.33. The number of aliphatic hydroxyl groups excluding tert-OH is 1. The third-order valence-corrected chi connectivity index (χ3v) is 4.85. The Morgan fingerprint density at radius 2 is 1.97 bits per heavy atom. The Hall–Kier alpha value is -2.13. The normalized spacial score (nSPS) is 13.1. The van der Waals surface area contributed by atoms with Crippen molar-refractivity contribution in [1.29, 1.82) is 0 Å². The lowest BCUT2D eigenvalue weighted by atomic mass is 10.1. The molecule has 2 aromatic heterocycles. The van der Waals surface area contributed by atoms with Gasteiger partial charge in [-0.05, 0) is 57.0 Å². The lowest BCUT2D eigenvalue weighted by molar-refractivity contribution is 0.0661. The van der Waals surface area contributed by atoms with Gasteiger partial charge in [-0.25, -0.2) is 9.78 Å². The Morgan fingerprint density at radius 3 is 2.62 bits per heavy atom. The molecular formula is C19H23Cl2N5O3.